The fourth-order valence-electron chi connectivity index (χ4n) is 1.18. The van der Waals surface area contributed by atoms with E-state index >= 15 is 0 Å². The van der Waals surface area contributed by atoms with E-state index in [1.165, 1.54) is 0 Å². The second-order valence-electron chi connectivity index (χ2n) is 3.73. The van der Waals surface area contributed by atoms with Crippen LogP contribution in [0, 0.1) is 3.57 Å². The lowest BCUT2D eigenvalue weighted by Gasteiger charge is -2.29. The number of hydrogen-bond acceptors (Lipinski definition) is 2. The molecule has 4 nitrogen and oxygen atoms in total. The summed E-state index contributed by atoms with van der Waals surface area (Å²) in [4.78, 5) is 0. The standard InChI is InChI=1S/C10H16IN2O2P/c1-12(2)16(14,13(3)4)15-10-7-5-6-9(11)8-10/h5-8H,1-4H3. The highest BCUT2D eigenvalue weighted by atomic mass is 127. The molecule has 1 aromatic rings. The summed E-state index contributed by atoms with van der Waals surface area (Å²) in [6.45, 7) is 0. The van der Waals surface area contributed by atoms with Gasteiger partial charge in [0.25, 0.3) is 0 Å². The molecule has 0 radical (unpaired) electrons. The van der Waals surface area contributed by atoms with Gasteiger partial charge in [-0.15, -0.1) is 0 Å². The molecule has 0 heterocycles. The summed E-state index contributed by atoms with van der Waals surface area (Å²) < 4.78 is 22.4. The summed E-state index contributed by atoms with van der Waals surface area (Å²) in [5.74, 6) is 0.623. The van der Waals surface area contributed by atoms with Crippen LogP contribution < -0.4 is 4.52 Å². The largest absolute Gasteiger partial charge is 0.422 e. The molecule has 1 rings (SSSR count). The van der Waals surface area contributed by atoms with Crippen molar-refractivity contribution in [3.63, 3.8) is 0 Å². The summed E-state index contributed by atoms with van der Waals surface area (Å²) in [7, 11) is 4.04. The Morgan fingerprint density at radius 3 is 2.19 bits per heavy atom. The van der Waals surface area contributed by atoms with E-state index in [0.717, 1.165) is 3.57 Å². The SMILES string of the molecule is CN(C)P(=O)(Oc1cccc(I)c1)N(C)C. The van der Waals surface area contributed by atoms with Crippen molar-refractivity contribution in [2.24, 2.45) is 0 Å². The molecule has 0 spiro atoms. The van der Waals surface area contributed by atoms with E-state index < -0.39 is 7.67 Å². The maximum Gasteiger partial charge on any atom is 0.394 e. The van der Waals surface area contributed by atoms with E-state index in [1.54, 1.807) is 37.5 Å². The van der Waals surface area contributed by atoms with Crippen molar-refractivity contribution >= 4 is 30.3 Å². The lowest BCUT2D eigenvalue weighted by Crippen LogP contribution is -2.24. The van der Waals surface area contributed by atoms with Gasteiger partial charge < -0.3 is 4.52 Å². The minimum Gasteiger partial charge on any atom is -0.422 e. The smallest absolute Gasteiger partial charge is 0.394 e. The molecule has 1 aromatic carbocycles. The first-order chi connectivity index (χ1) is 7.36. The normalized spacial score (nSPS) is 12.2. The van der Waals surface area contributed by atoms with Gasteiger partial charge in [-0.3, -0.25) is 0 Å². The molecule has 0 aliphatic carbocycles. The summed E-state index contributed by atoms with van der Waals surface area (Å²) in [6, 6.07) is 7.51. The van der Waals surface area contributed by atoms with E-state index in [0.29, 0.717) is 5.75 Å². The molecule has 16 heavy (non-hydrogen) atoms. The van der Waals surface area contributed by atoms with Crippen LogP contribution in [-0.2, 0) is 4.57 Å². The molecule has 0 saturated heterocycles. The quantitative estimate of drug-likeness (QED) is 0.615. The minimum absolute atomic E-state index is 0.623. The van der Waals surface area contributed by atoms with Crippen LogP contribution >= 0.6 is 30.3 Å². The van der Waals surface area contributed by atoms with Gasteiger partial charge in [-0.1, -0.05) is 6.07 Å². The lowest BCUT2D eigenvalue weighted by atomic mass is 10.3. The van der Waals surface area contributed by atoms with Crippen LogP contribution in [0.5, 0.6) is 5.75 Å². The zero-order valence-corrected chi connectivity index (χ0v) is 12.9. The first-order valence-corrected chi connectivity index (χ1v) is 7.38. The van der Waals surface area contributed by atoms with Gasteiger partial charge in [0, 0.05) is 3.57 Å². The highest BCUT2D eigenvalue weighted by Gasteiger charge is 2.31. The zero-order valence-electron chi connectivity index (χ0n) is 9.85. The lowest BCUT2D eigenvalue weighted by molar-refractivity contribution is 0.354. The monoisotopic (exact) mass is 354 g/mol. The summed E-state index contributed by atoms with van der Waals surface area (Å²) >= 11 is 2.19. The van der Waals surface area contributed by atoms with Crippen LogP contribution in [0.3, 0.4) is 0 Å². The summed E-state index contributed by atoms with van der Waals surface area (Å²) in [5.41, 5.74) is 0. The first kappa shape index (κ1) is 14.0. The molecule has 0 aliphatic heterocycles. The second-order valence-corrected chi connectivity index (χ2v) is 7.74. The van der Waals surface area contributed by atoms with Crippen LogP contribution in [0.4, 0.5) is 0 Å². The van der Waals surface area contributed by atoms with Crippen molar-refractivity contribution in [3.8, 4) is 5.75 Å². The molecule has 0 unspecified atom stereocenters. The van der Waals surface area contributed by atoms with Gasteiger partial charge in [0.2, 0.25) is 0 Å². The number of hydrogen-bond donors (Lipinski definition) is 0. The van der Waals surface area contributed by atoms with Crippen LogP contribution in [0.25, 0.3) is 0 Å². The molecule has 90 valence electrons. The van der Waals surface area contributed by atoms with Crippen LogP contribution in [0.1, 0.15) is 0 Å². The number of benzene rings is 1. The van der Waals surface area contributed by atoms with Crippen molar-refractivity contribution in [1.29, 1.82) is 0 Å². The van der Waals surface area contributed by atoms with Crippen molar-refractivity contribution in [3.05, 3.63) is 27.8 Å². The highest BCUT2D eigenvalue weighted by molar-refractivity contribution is 14.1. The second kappa shape index (κ2) is 5.49. The maximum atomic E-state index is 12.5. The average molecular weight is 354 g/mol. The highest BCUT2D eigenvalue weighted by Crippen LogP contribution is 2.50. The third-order valence-corrected chi connectivity index (χ3v) is 5.17. The van der Waals surface area contributed by atoms with Gasteiger partial charge in [0.05, 0.1) is 0 Å². The molecule has 6 heteroatoms. The van der Waals surface area contributed by atoms with Crippen LogP contribution in [0.2, 0.25) is 0 Å². The van der Waals surface area contributed by atoms with Crippen molar-refractivity contribution in [1.82, 2.24) is 9.34 Å². The van der Waals surface area contributed by atoms with Crippen LogP contribution in [-0.4, -0.2) is 37.5 Å². The Balaban J connectivity index is 2.98. The Bertz CT molecular complexity index is 398. The van der Waals surface area contributed by atoms with E-state index in [-0.39, 0.29) is 0 Å². The van der Waals surface area contributed by atoms with Gasteiger partial charge >= 0.3 is 7.67 Å². The Hall–Kier alpha value is -0.100. The average Bonchev–Trinajstić information content (AvgIpc) is 2.16. The Kier molecular flexibility index (Phi) is 4.79. The van der Waals surface area contributed by atoms with Gasteiger partial charge in [-0.25, -0.2) is 13.9 Å². The Morgan fingerprint density at radius 2 is 1.75 bits per heavy atom. The van der Waals surface area contributed by atoms with Crippen LogP contribution in [0.15, 0.2) is 24.3 Å². The van der Waals surface area contributed by atoms with Crippen molar-refractivity contribution in [2.45, 2.75) is 0 Å². The molecule has 0 bridgehead atoms. The van der Waals surface area contributed by atoms with Gasteiger partial charge in [-0.05, 0) is 69.0 Å². The topological polar surface area (TPSA) is 32.8 Å². The van der Waals surface area contributed by atoms with Gasteiger partial charge in [0.1, 0.15) is 5.75 Å². The molecule has 0 atom stereocenters. The summed E-state index contributed by atoms with van der Waals surface area (Å²) in [5, 5.41) is 0. The zero-order chi connectivity index (χ0) is 12.3. The van der Waals surface area contributed by atoms with E-state index in [4.69, 9.17) is 4.52 Å². The number of rotatable bonds is 4. The molecule has 0 aliphatic rings. The minimum atomic E-state index is -2.94. The maximum absolute atomic E-state index is 12.5. The molecular formula is C10H16IN2O2P. The fourth-order valence-corrected chi connectivity index (χ4v) is 3.13. The molecule has 0 amide bonds. The molecule has 0 aromatic heterocycles. The number of halogens is 1. The fraction of sp³-hybridized carbons (Fsp3) is 0.400. The molecule has 0 fully saturated rings. The Labute approximate surface area is 110 Å². The first-order valence-electron chi connectivity index (χ1n) is 4.77. The molecule has 0 saturated carbocycles. The predicted octanol–water partition coefficient (Wildman–Crippen LogP) is 2.90. The third kappa shape index (κ3) is 3.20. The molecular weight excluding hydrogens is 338 g/mol. The van der Waals surface area contributed by atoms with Gasteiger partial charge in [0.15, 0.2) is 0 Å². The number of nitrogens with zero attached hydrogens (tertiary/aromatic N) is 2. The van der Waals surface area contributed by atoms with Crippen molar-refractivity contribution in [2.75, 3.05) is 28.2 Å². The van der Waals surface area contributed by atoms with Gasteiger partial charge in [-0.2, -0.15) is 0 Å². The Morgan fingerprint density at radius 1 is 1.19 bits per heavy atom. The van der Waals surface area contributed by atoms with E-state index in [1.807, 2.05) is 24.3 Å². The molecule has 0 N–H and O–H groups in total. The predicted molar refractivity (Wildman–Crippen MR) is 74.8 cm³/mol. The third-order valence-electron chi connectivity index (χ3n) is 2.03. The van der Waals surface area contributed by atoms with Crippen molar-refractivity contribution < 1.29 is 9.09 Å². The summed E-state index contributed by atoms with van der Waals surface area (Å²) in [6.07, 6.45) is 0. The van der Waals surface area contributed by atoms with E-state index in [9.17, 15) is 4.57 Å². The van der Waals surface area contributed by atoms with E-state index in [2.05, 4.69) is 22.6 Å².